The monoisotopic (exact) mass is 407 g/mol. The zero-order chi connectivity index (χ0) is 19.9. The second-order valence-corrected chi connectivity index (χ2v) is 7.52. The number of benzene rings is 2. The van der Waals surface area contributed by atoms with Gasteiger partial charge >= 0.3 is 12.7 Å². The van der Waals surface area contributed by atoms with Crippen LogP contribution in [0.15, 0.2) is 47.4 Å². The molecule has 1 N–H and O–H groups in total. The molecule has 2 aromatic carbocycles. The number of carbonyl (C=O) groups is 1. The standard InChI is InChI=1S/C21H23F2NO3S/c1-28-17-9-5-6-14(12-17)18-13-16(10-11-19(18)27-20(22)23)26-21(25)24-15-7-3-2-4-8-15/h5-6,9-13,15,20H,2-4,7-8H2,1H3,(H,24,25). The second-order valence-electron chi connectivity index (χ2n) is 6.64. The Morgan fingerprint density at radius 1 is 1.14 bits per heavy atom. The molecule has 1 amide bonds. The molecule has 1 saturated carbocycles. The SMILES string of the molecule is CSc1cccc(-c2cc(OC(=O)NC3CCCCC3)ccc2OC(F)F)c1. The Morgan fingerprint density at radius 2 is 1.93 bits per heavy atom. The van der Waals surface area contributed by atoms with Crippen LogP contribution in [0.5, 0.6) is 11.5 Å². The van der Waals surface area contributed by atoms with Crippen LogP contribution in [0.1, 0.15) is 32.1 Å². The van der Waals surface area contributed by atoms with Crippen molar-refractivity contribution in [2.75, 3.05) is 6.26 Å². The van der Waals surface area contributed by atoms with E-state index in [-0.39, 0.29) is 17.5 Å². The van der Waals surface area contributed by atoms with Crippen LogP contribution >= 0.6 is 11.8 Å². The highest BCUT2D eigenvalue weighted by Crippen LogP contribution is 2.36. The molecule has 150 valence electrons. The van der Waals surface area contributed by atoms with E-state index in [0.717, 1.165) is 30.6 Å². The van der Waals surface area contributed by atoms with E-state index in [1.54, 1.807) is 23.9 Å². The van der Waals surface area contributed by atoms with Crippen molar-refractivity contribution in [1.29, 1.82) is 0 Å². The van der Waals surface area contributed by atoms with E-state index < -0.39 is 12.7 Å². The van der Waals surface area contributed by atoms with E-state index in [0.29, 0.717) is 11.1 Å². The summed E-state index contributed by atoms with van der Waals surface area (Å²) in [5.74, 6) is 0.313. The molecular weight excluding hydrogens is 384 g/mol. The number of thioether (sulfide) groups is 1. The van der Waals surface area contributed by atoms with Crippen molar-refractivity contribution in [3.63, 3.8) is 0 Å². The maximum Gasteiger partial charge on any atom is 0.412 e. The van der Waals surface area contributed by atoms with Crippen LogP contribution in [0.3, 0.4) is 0 Å². The van der Waals surface area contributed by atoms with E-state index >= 15 is 0 Å². The van der Waals surface area contributed by atoms with Gasteiger partial charge in [0.2, 0.25) is 0 Å². The summed E-state index contributed by atoms with van der Waals surface area (Å²) < 4.78 is 35.7. The molecule has 1 fully saturated rings. The molecule has 0 saturated heterocycles. The number of hydrogen-bond acceptors (Lipinski definition) is 4. The van der Waals surface area contributed by atoms with Gasteiger partial charge in [0.25, 0.3) is 0 Å². The Balaban J connectivity index is 1.81. The predicted octanol–water partition coefficient (Wildman–Crippen LogP) is 6.10. The van der Waals surface area contributed by atoms with E-state index in [1.807, 2.05) is 24.5 Å². The van der Waals surface area contributed by atoms with Gasteiger partial charge in [0.05, 0.1) is 0 Å². The smallest absolute Gasteiger partial charge is 0.412 e. The van der Waals surface area contributed by atoms with Crippen LogP contribution in [-0.2, 0) is 0 Å². The van der Waals surface area contributed by atoms with Crippen LogP contribution in [0.4, 0.5) is 13.6 Å². The van der Waals surface area contributed by atoms with Gasteiger partial charge in [0, 0.05) is 16.5 Å². The van der Waals surface area contributed by atoms with Gasteiger partial charge in [-0.05, 0) is 55.0 Å². The van der Waals surface area contributed by atoms with Crippen molar-refractivity contribution in [2.24, 2.45) is 0 Å². The Bertz CT molecular complexity index is 810. The highest BCUT2D eigenvalue weighted by Gasteiger charge is 2.18. The summed E-state index contributed by atoms with van der Waals surface area (Å²) in [6.45, 7) is -2.94. The zero-order valence-corrected chi connectivity index (χ0v) is 16.4. The Kier molecular flexibility index (Phi) is 7.14. The lowest BCUT2D eigenvalue weighted by Crippen LogP contribution is -2.38. The summed E-state index contributed by atoms with van der Waals surface area (Å²) in [7, 11) is 0. The molecule has 1 aliphatic carbocycles. The predicted molar refractivity (Wildman–Crippen MR) is 106 cm³/mol. The fourth-order valence-electron chi connectivity index (χ4n) is 3.34. The average Bonchev–Trinajstić information content (AvgIpc) is 2.69. The number of halogens is 2. The molecule has 0 bridgehead atoms. The maximum absolute atomic E-state index is 12.8. The zero-order valence-electron chi connectivity index (χ0n) is 15.6. The number of hydrogen-bond donors (Lipinski definition) is 1. The van der Waals surface area contributed by atoms with E-state index in [4.69, 9.17) is 4.74 Å². The van der Waals surface area contributed by atoms with Gasteiger partial charge in [-0.1, -0.05) is 31.4 Å². The van der Waals surface area contributed by atoms with Crippen LogP contribution in [0.25, 0.3) is 11.1 Å². The molecule has 7 heteroatoms. The fraction of sp³-hybridized carbons (Fsp3) is 0.381. The lowest BCUT2D eigenvalue weighted by molar-refractivity contribution is -0.0494. The Labute approximate surface area is 167 Å². The fourth-order valence-corrected chi connectivity index (χ4v) is 3.80. The third kappa shape index (κ3) is 5.61. The van der Waals surface area contributed by atoms with Crippen molar-refractivity contribution in [1.82, 2.24) is 5.32 Å². The highest BCUT2D eigenvalue weighted by molar-refractivity contribution is 7.98. The van der Waals surface area contributed by atoms with Gasteiger partial charge < -0.3 is 14.8 Å². The minimum absolute atomic E-state index is 0.0355. The van der Waals surface area contributed by atoms with Crippen molar-refractivity contribution < 1.29 is 23.0 Å². The molecule has 0 heterocycles. The maximum atomic E-state index is 12.8. The molecule has 3 rings (SSSR count). The summed E-state index contributed by atoms with van der Waals surface area (Å²) in [6.07, 6.45) is 6.69. The number of amides is 1. The lowest BCUT2D eigenvalue weighted by Gasteiger charge is -2.22. The molecule has 0 spiro atoms. The summed E-state index contributed by atoms with van der Waals surface area (Å²) in [4.78, 5) is 13.2. The van der Waals surface area contributed by atoms with Gasteiger partial charge in [-0.2, -0.15) is 8.78 Å². The minimum Gasteiger partial charge on any atom is -0.434 e. The molecule has 0 aromatic heterocycles. The molecule has 4 nitrogen and oxygen atoms in total. The normalized spacial score (nSPS) is 14.7. The quantitative estimate of drug-likeness (QED) is 0.588. The number of carbonyl (C=O) groups excluding carboxylic acids is 1. The first-order valence-corrected chi connectivity index (χ1v) is 10.5. The molecule has 0 aliphatic heterocycles. The first-order valence-electron chi connectivity index (χ1n) is 9.27. The summed E-state index contributed by atoms with van der Waals surface area (Å²) >= 11 is 1.55. The molecule has 2 aromatic rings. The third-order valence-electron chi connectivity index (χ3n) is 4.69. The van der Waals surface area contributed by atoms with Crippen molar-refractivity contribution >= 4 is 17.9 Å². The largest absolute Gasteiger partial charge is 0.434 e. The average molecular weight is 407 g/mol. The summed E-state index contributed by atoms with van der Waals surface area (Å²) in [5.41, 5.74) is 1.15. The Morgan fingerprint density at radius 3 is 2.64 bits per heavy atom. The molecule has 0 atom stereocenters. The van der Waals surface area contributed by atoms with Gasteiger partial charge in [-0.3, -0.25) is 0 Å². The first-order chi connectivity index (χ1) is 13.5. The van der Waals surface area contributed by atoms with Crippen molar-refractivity contribution in [2.45, 2.75) is 49.7 Å². The van der Waals surface area contributed by atoms with E-state index in [1.165, 1.54) is 18.6 Å². The van der Waals surface area contributed by atoms with Gasteiger partial charge in [-0.15, -0.1) is 11.8 Å². The van der Waals surface area contributed by atoms with Crippen LogP contribution in [-0.4, -0.2) is 25.0 Å². The van der Waals surface area contributed by atoms with E-state index in [9.17, 15) is 13.6 Å². The van der Waals surface area contributed by atoms with Gasteiger partial charge in [0.15, 0.2) is 0 Å². The Hall–Kier alpha value is -2.28. The molecular formula is C21H23F2NO3S. The van der Waals surface area contributed by atoms with Crippen LogP contribution in [0, 0.1) is 0 Å². The number of rotatable bonds is 6. The number of alkyl halides is 2. The second kappa shape index (κ2) is 9.78. The lowest BCUT2D eigenvalue weighted by atomic mass is 9.96. The number of ether oxygens (including phenoxy) is 2. The van der Waals surface area contributed by atoms with Gasteiger partial charge in [0.1, 0.15) is 11.5 Å². The van der Waals surface area contributed by atoms with Crippen LogP contribution < -0.4 is 14.8 Å². The number of nitrogens with one attached hydrogen (secondary N) is 1. The topological polar surface area (TPSA) is 47.6 Å². The minimum atomic E-state index is -2.94. The first kappa shape index (κ1) is 20.5. The molecule has 1 aliphatic rings. The van der Waals surface area contributed by atoms with Crippen molar-refractivity contribution in [3.8, 4) is 22.6 Å². The molecule has 28 heavy (non-hydrogen) atoms. The van der Waals surface area contributed by atoms with Crippen molar-refractivity contribution in [3.05, 3.63) is 42.5 Å². The van der Waals surface area contributed by atoms with Crippen LogP contribution in [0.2, 0.25) is 0 Å². The molecule has 0 unspecified atom stereocenters. The highest BCUT2D eigenvalue weighted by atomic mass is 32.2. The summed E-state index contributed by atoms with van der Waals surface area (Å²) in [6, 6.07) is 12.0. The third-order valence-corrected chi connectivity index (χ3v) is 5.41. The molecule has 0 radical (unpaired) electrons. The summed E-state index contributed by atoms with van der Waals surface area (Å²) in [5, 5.41) is 2.88. The van der Waals surface area contributed by atoms with E-state index in [2.05, 4.69) is 10.1 Å². The van der Waals surface area contributed by atoms with Gasteiger partial charge in [-0.25, -0.2) is 4.79 Å².